The Balaban J connectivity index is 1.56. The molecule has 4 rings (SSSR count). The van der Waals surface area contributed by atoms with Gasteiger partial charge in [0.2, 0.25) is 0 Å². The summed E-state index contributed by atoms with van der Waals surface area (Å²) in [5.74, 6) is 0.367. The molecule has 3 heterocycles. The molecule has 0 unspecified atom stereocenters. The fourth-order valence-corrected chi connectivity index (χ4v) is 3.04. The summed E-state index contributed by atoms with van der Waals surface area (Å²) in [6, 6.07) is 11.5. The van der Waals surface area contributed by atoms with Crippen LogP contribution < -0.4 is 10.2 Å². The zero-order valence-corrected chi connectivity index (χ0v) is 15.2. The minimum absolute atomic E-state index is 0.261. The lowest BCUT2D eigenvalue weighted by Gasteiger charge is -2.34. The Morgan fingerprint density at radius 3 is 2.79 bits per heavy atom. The molecule has 148 valence electrons. The Hall–Kier alpha value is -3.55. The van der Waals surface area contributed by atoms with Crippen LogP contribution in [-0.4, -0.2) is 22.2 Å². The van der Waals surface area contributed by atoms with Crippen molar-refractivity contribution in [2.24, 2.45) is 4.99 Å². The van der Waals surface area contributed by atoms with E-state index in [1.807, 2.05) is 42.5 Å². The number of hydrogen-bond acceptors (Lipinski definition) is 4. The smallest absolute Gasteiger partial charge is 0.406 e. The average Bonchev–Trinajstić information content (AvgIpc) is 2.71. The van der Waals surface area contributed by atoms with Crippen LogP contribution in [0.1, 0.15) is 17.7 Å². The van der Waals surface area contributed by atoms with Gasteiger partial charge in [-0.1, -0.05) is 30.4 Å². The summed E-state index contributed by atoms with van der Waals surface area (Å²) < 4.78 is 41.7. The van der Waals surface area contributed by atoms with Crippen LogP contribution in [0.4, 0.5) is 13.2 Å². The van der Waals surface area contributed by atoms with E-state index in [0.29, 0.717) is 24.4 Å². The van der Waals surface area contributed by atoms with Gasteiger partial charge in [-0.15, -0.1) is 13.2 Å². The maximum atomic E-state index is 12.6. The molecule has 29 heavy (non-hydrogen) atoms. The molecular formula is C21H17F3N4O. The number of hydrogen-bond donors (Lipinski definition) is 1. The van der Waals surface area contributed by atoms with E-state index in [9.17, 15) is 13.2 Å². The van der Waals surface area contributed by atoms with Crippen molar-refractivity contribution >= 4 is 11.5 Å². The zero-order valence-electron chi connectivity index (χ0n) is 15.2. The maximum Gasteiger partial charge on any atom is 0.573 e. The van der Waals surface area contributed by atoms with Crippen molar-refractivity contribution in [3.63, 3.8) is 0 Å². The number of allylic oxidation sites excluding steroid dienone is 3. The van der Waals surface area contributed by atoms with Gasteiger partial charge in [0.1, 0.15) is 11.6 Å². The number of ether oxygens (including phenoxy) is 1. The molecule has 2 aliphatic rings. The molecule has 0 radical (unpaired) electrons. The SMILES string of the molecule is FC(F)(F)Oc1cccc(C2=CCC=C3C=CC(=NCc4ccccn4)NN32)c1. The van der Waals surface area contributed by atoms with Gasteiger partial charge >= 0.3 is 6.36 Å². The van der Waals surface area contributed by atoms with Crippen molar-refractivity contribution in [3.8, 4) is 5.75 Å². The predicted molar refractivity (Wildman–Crippen MR) is 103 cm³/mol. The Labute approximate surface area is 165 Å². The molecule has 0 aliphatic carbocycles. The van der Waals surface area contributed by atoms with Crippen molar-refractivity contribution in [1.82, 2.24) is 15.4 Å². The number of hydrazine groups is 1. The van der Waals surface area contributed by atoms with E-state index >= 15 is 0 Å². The third-order valence-electron chi connectivity index (χ3n) is 4.28. The molecule has 0 spiro atoms. The molecule has 1 aromatic heterocycles. The van der Waals surface area contributed by atoms with E-state index in [2.05, 4.69) is 20.1 Å². The number of alkyl halides is 3. The first-order chi connectivity index (χ1) is 14.0. The standard InChI is InChI=1S/C21H17F3N4O/c22-21(23,24)29-18-8-3-5-15(13-18)19-9-4-7-17-10-11-20(27-28(17)19)26-14-16-6-1-2-12-25-16/h1-3,5-13H,4,14H2,(H,26,27). The first-order valence-electron chi connectivity index (χ1n) is 8.94. The van der Waals surface area contributed by atoms with Crippen LogP contribution >= 0.6 is 0 Å². The zero-order chi connectivity index (χ0) is 20.3. The second-order valence-electron chi connectivity index (χ2n) is 6.33. The molecule has 1 aromatic carbocycles. The highest BCUT2D eigenvalue weighted by molar-refractivity contribution is 5.95. The summed E-state index contributed by atoms with van der Waals surface area (Å²) in [5, 5.41) is 1.80. The maximum absolute atomic E-state index is 12.6. The molecule has 2 aromatic rings. The van der Waals surface area contributed by atoms with Crippen molar-refractivity contribution in [1.29, 1.82) is 0 Å². The second kappa shape index (κ2) is 7.83. The first-order valence-corrected chi connectivity index (χ1v) is 8.94. The molecule has 8 heteroatoms. The van der Waals surface area contributed by atoms with Crippen LogP contribution in [0.25, 0.3) is 5.70 Å². The van der Waals surface area contributed by atoms with E-state index < -0.39 is 6.36 Å². The van der Waals surface area contributed by atoms with Gasteiger partial charge in [0, 0.05) is 11.8 Å². The van der Waals surface area contributed by atoms with E-state index in [-0.39, 0.29) is 5.75 Å². The topological polar surface area (TPSA) is 49.8 Å². The van der Waals surface area contributed by atoms with Crippen molar-refractivity contribution in [2.45, 2.75) is 19.3 Å². The van der Waals surface area contributed by atoms with Gasteiger partial charge in [0.25, 0.3) is 0 Å². The molecule has 0 fully saturated rings. The fraction of sp³-hybridized carbons (Fsp3) is 0.143. The summed E-state index contributed by atoms with van der Waals surface area (Å²) in [7, 11) is 0. The lowest BCUT2D eigenvalue weighted by molar-refractivity contribution is -0.274. The number of rotatable bonds is 4. The first kappa shape index (κ1) is 18.8. The Kier molecular flexibility index (Phi) is 5.07. The Morgan fingerprint density at radius 2 is 2.00 bits per heavy atom. The minimum Gasteiger partial charge on any atom is -0.406 e. The van der Waals surface area contributed by atoms with Gasteiger partial charge in [0.15, 0.2) is 0 Å². The van der Waals surface area contributed by atoms with Gasteiger partial charge in [-0.2, -0.15) is 0 Å². The third kappa shape index (κ3) is 4.66. The fourth-order valence-electron chi connectivity index (χ4n) is 3.04. The number of aromatic nitrogens is 1. The quantitative estimate of drug-likeness (QED) is 0.819. The molecular weight excluding hydrogens is 381 g/mol. The van der Waals surface area contributed by atoms with Crippen molar-refractivity contribution in [3.05, 3.63) is 89.9 Å². The van der Waals surface area contributed by atoms with Crippen LogP contribution in [0.5, 0.6) is 5.75 Å². The van der Waals surface area contributed by atoms with Gasteiger partial charge in [-0.05, 0) is 42.8 Å². The summed E-state index contributed by atoms with van der Waals surface area (Å²) in [5.41, 5.74) is 6.27. The van der Waals surface area contributed by atoms with Crippen molar-refractivity contribution < 1.29 is 17.9 Å². The van der Waals surface area contributed by atoms with E-state index in [1.54, 1.807) is 17.3 Å². The van der Waals surface area contributed by atoms with Crippen LogP contribution in [0.2, 0.25) is 0 Å². The van der Waals surface area contributed by atoms with Crippen LogP contribution in [0, 0.1) is 0 Å². The summed E-state index contributed by atoms with van der Waals surface area (Å²) >= 11 is 0. The van der Waals surface area contributed by atoms with E-state index in [4.69, 9.17) is 0 Å². The molecule has 0 saturated heterocycles. The van der Waals surface area contributed by atoms with Crippen LogP contribution in [-0.2, 0) is 6.54 Å². The molecule has 5 nitrogen and oxygen atoms in total. The van der Waals surface area contributed by atoms with Gasteiger partial charge in [0.05, 0.1) is 23.6 Å². The number of nitrogens with zero attached hydrogens (tertiary/aromatic N) is 3. The highest BCUT2D eigenvalue weighted by Crippen LogP contribution is 2.32. The third-order valence-corrected chi connectivity index (χ3v) is 4.28. The normalized spacial score (nSPS) is 17.3. The molecule has 0 bridgehead atoms. The highest BCUT2D eigenvalue weighted by atomic mass is 19.4. The van der Waals surface area contributed by atoms with E-state index in [0.717, 1.165) is 17.1 Å². The predicted octanol–water partition coefficient (Wildman–Crippen LogP) is 4.58. The summed E-state index contributed by atoms with van der Waals surface area (Å²) in [4.78, 5) is 8.77. The Bertz CT molecular complexity index is 1010. The van der Waals surface area contributed by atoms with Crippen LogP contribution in [0.15, 0.2) is 83.7 Å². The molecule has 0 atom stereocenters. The number of pyridine rings is 1. The number of nitrogens with one attached hydrogen (secondary N) is 1. The van der Waals surface area contributed by atoms with Gasteiger partial charge in [-0.25, -0.2) is 0 Å². The summed E-state index contributed by atoms with van der Waals surface area (Å²) in [6.07, 6.45) is 5.35. The average molecular weight is 398 g/mol. The number of benzene rings is 1. The highest BCUT2D eigenvalue weighted by Gasteiger charge is 2.31. The van der Waals surface area contributed by atoms with Gasteiger partial charge < -0.3 is 4.74 Å². The number of amidine groups is 1. The second-order valence-corrected chi connectivity index (χ2v) is 6.33. The monoisotopic (exact) mass is 398 g/mol. The minimum atomic E-state index is -4.73. The number of halogens is 3. The lowest BCUT2D eigenvalue weighted by Crippen LogP contribution is -2.42. The number of fused-ring (bicyclic) bond motifs is 1. The lowest BCUT2D eigenvalue weighted by atomic mass is 10.1. The summed E-state index contributed by atoms with van der Waals surface area (Å²) in [6.45, 7) is 0.411. The number of aliphatic imine (C=N–C) groups is 1. The van der Waals surface area contributed by atoms with Gasteiger partial charge in [-0.3, -0.25) is 20.4 Å². The van der Waals surface area contributed by atoms with Crippen LogP contribution in [0.3, 0.4) is 0 Å². The Morgan fingerprint density at radius 1 is 1.10 bits per heavy atom. The largest absolute Gasteiger partial charge is 0.573 e. The van der Waals surface area contributed by atoms with E-state index in [1.165, 1.54) is 18.2 Å². The van der Waals surface area contributed by atoms with Crippen molar-refractivity contribution in [2.75, 3.05) is 0 Å². The molecule has 2 aliphatic heterocycles. The molecule has 1 N–H and O–H groups in total. The molecule has 0 saturated carbocycles. The molecule has 0 amide bonds.